The highest BCUT2D eigenvalue weighted by Crippen LogP contribution is 2.24. The van der Waals surface area contributed by atoms with Gasteiger partial charge >= 0.3 is 0 Å². The van der Waals surface area contributed by atoms with Crippen LogP contribution in [-0.2, 0) is 0 Å². The molecule has 2 rings (SSSR count). The van der Waals surface area contributed by atoms with Crippen LogP contribution in [0, 0.1) is 0 Å². The molecular weight excluding hydrogens is 236 g/mol. The van der Waals surface area contributed by atoms with E-state index in [4.69, 9.17) is 11.6 Å². The van der Waals surface area contributed by atoms with Gasteiger partial charge in [0.1, 0.15) is 5.82 Å². The minimum absolute atomic E-state index is 0.640. The van der Waals surface area contributed by atoms with Gasteiger partial charge in [0.05, 0.1) is 10.0 Å². The summed E-state index contributed by atoms with van der Waals surface area (Å²) in [6, 6.07) is 7.62. The lowest BCUT2D eigenvalue weighted by Crippen LogP contribution is -1.95. The number of thiol groups is 1. The lowest BCUT2D eigenvalue weighted by molar-refractivity contribution is 0.915. The first kappa shape index (κ1) is 9.96. The molecular formula is C9H7ClN2S2. The van der Waals surface area contributed by atoms with Crippen molar-refractivity contribution in [2.45, 2.75) is 5.03 Å². The standard InChI is InChI=1S/C9H7ClN2S2/c10-7-3-4-8(11-6-7)12-5-1-2-9(12)14-13/h1-6,13H. The van der Waals surface area contributed by atoms with Crippen molar-refractivity contribution >= 4 is 34.1 Å². The van der Waals surface area contributed by atoms with E-state index in [0.29, 0.717) is 5.02 Å². The highest BCUT2D eigenvalue weighted by atomic mass is 35.5. The third-order valence-corrected chi connectivity index (χ3v) is 3.07. The molecule has 0 amide bonds. The van der Waals surface area contributed by atoms with E-state index in [-0.39, 0.29) is 0 Å². The van der Waals surface area contributed by atoms with Crippen molar-refractivity contribution < 1.29 is 0 Å². The summed E-state index contributed by atoms with van der Waals surface area (Å²) in [5, 5.41) is 1.67. The van der Waals surface area contributed by atoms with E-state index in [1.54, 1.807) is 6.20 Å². The SMILES string of the molecule is SSc1cccn1-c1ccc(Cl)cn1. The predicted octanol–water partition coefficient (Wildman–Crippen LogP) is 3.46. The lowest BCUT2D eigenvalue weighted by Gasteiger charge is -2.04. The van der Waals surface area contributed by atoms with Crippen LogP contribution in [0.1, 0.15) is 0 Å². The second-order valence-electron chi connectivity index (χ2n) is 2.64. The van der Waals surface area contributed by atoms with Crippen molar-refractivity contribution in [1.82, 2.24) is 9.55 Å². The van der Waals surface area contributed by atoms with E-state index in [9.17, 15) is 0 Å². The molecule has 0 saturated heterocycles. The van der Waals surface area contributed by atoms with Crippen molar-refractivity contribution in [2.24, 2.45) is 0 Å². The van der Waals surface area contributed by atoms with Gasteiger partial charge in [-0.25, -0.2) is 4.98 Å². The summed E-state index contributed by atoms with van der Waals surface area (Å²) in [7, 11) is 1.39. The van der Waals surface area contributed by atoms with E-state index in [2.05, 4.69) is 16.6 Å². The molecule has 0 aliphatic carbocycles. The Labute approximate surface area is 96.1 Å². The summed E-state index contributed by atoms with van der Waals surface area (Å²) in [6.07, 6.45) is 3.57. The van der Waals surface area contributed by atoms with Crippen molar-refractivity contribution in [3.05, 3.63) is 41.7 Å². The van der Waals surface area contributed by atoms with E-state index in [1.165, 1.54) is 10.8 Å². The highest BCUT2D eigenvalue weighted by Gasteiger charge is 2.02. The molecule has 5 heteroatoms. The van der Waals surface area contributed by atoms with Crippen LogP contribution in [0.3, 0.4) is 0 Å². The number of hydrogen-bond donors (Lipinski definition) is 1. The molecule has 0 fully saturated rings. The number of nitrogens with zero attached hydrogens (tertiary/aromatic N) is 2. The van der Waals surface area contributed by atoms with Gasteiger partial charge in [0.15, 0.2) is 0 Å². The van der Waals surface area contributed by atoms with Crippen molar-refractivity contribution in [3.63, 3.8) is 0 Å². The molecule has 0 N–H and O–H groups in total. The Morgan fingerprint density at radius 1 is 1.36 bits per heavy atom. The van der Waals surface area contributed by atoms with Gasteiger partial charge in [0, 0.05) is 12.4 Å². The minimum atomic E-state index is 0.640. The Morgan fingerprint density at radius 2 is 2.21 bits per heavy atom. The molecule has 0 unspecified atom stereocenters. The Kier molecular flexibility index (Phi) is 3.05. The molecule has 0 bridgehead atoms. The van der Waals surface area contributed by atoms with Crippen LogP contribution in [0.2, 0.25) is 5.02 Å². The quantitative estimate of drug-likeness (QED) is 0.642. The fourth-order valence-corrected chi connectivity index (χ4v) is 2.08. The van der Waals surface area contributed by atoms with Crippen LogP contribution in [0.15, 0.2) is 41.7 Å². The van der Waals surface area contributed by atoms with E-state index in [0.717, 1.165) is 10.8 Å². The summed E-state index contributed by atoms with van der Waals surface area (Å²) >= 11 is 9.91. The van der Waals surface area contributed by atoms with Crippen molar-refractivity contribution in [3.8, 4) is 5.82 Å². The molecule has 2 aromatic heterocycles. The Balaban J connectivity index is 2.44. The molecule has 2 aromatic rings. The molecule has 0 aromatic carbocycles. The van der Waals surface area contributed by atoms with Gasteiger partial charge in [0.25, 0.3) is 0 Å². The fourth-order valence-electron chi connectivity index (χ4n) is 1.14. The summed E-state index contributed by atoms with van der Waals surface area (Å²) in [6.45, 7) is 0. The van der Waals surface area contributed by atoms with Crippen LogP contribution in [0.25, 0.3) is 5.82 Å². The van der Waals surface area contributed by atoms with Gasteiger partial charge in [-0.1, -0.05) is 11.6 Å². The zero-order valence-electron chi connectivity index (χ0n) is 7.09. The van der Waals surface area contributed by atoms with E-state index >= 15 is 0 Å². The Hall–Kier alpha value is -0.580. The number of rotatable bonds is 2. The summed E-state index contributed by atoms with van der Waals surface area (Å²) in [5.74, 6) is 0.843. The molecule has 0 aliphatic heterocycles. The average Bonchev–Trinajstić information content (AvgIpc) is 2.67. The van der Waals surface area contributed by atoms with Gasteiger partial charge in [0.2, 0.25) is 0 Å². The second kappa shape index (κ2) is 4.29. The van der Waals surface area contributed by atoms with Crippen LogP contribution in [0.5, 0.6) is 0 Å². The van der Waals surface area contributed by atoms with Crippen LogP contribution in [-0.4, -0.2) is 9.55 Å². The molecule has 0 aliphatic rings. The maximum atomic E-state index is 5.75. The average molecular weight is 243 g/mol. The maximum Gasteiger partial charge on any atom is 0.137 e. The minimum Gasteiger partial charge on any atom is -0.295 e. The van der Waals surface area contributed by atoms with Gasteiger partial charge < -0.3 is 0 Å². The fraction of sp³-hybridized carbons (Fsp3) is 0. The maximum absolute atomic E-state index is 5.75. The number of halogens is 1. The first-order chi connectivity index (χ1) is 6.81. The van der Waals surface area contributed by atoms with Crippen LogP contribution < -0.4 is 0 Å². The molecule has 14 heavy (non-hydrogen) atoms. The van der Waals surface area contributed by atoms with Gasteiger partial charge in [-0.3, -0.25) is 4.57 Å². The lowest BCUT2D eigenvalue weighted by atomic mass is 10.4. The normalized spacial score (nSPS) is 10.4. The van der Waals surface area contributed by atoms with E-state index < -0.39 is 0 Å². The summed E-state index contributed by atoms with van der Waals surface area (Å²) in [4.78, 5) is 4.21. The van der Waals surface area contributed by atoms with Gasteiger partial charge in [-0.15, -0.1) is 11.7 Å². The molecule has 2 heterocycles. The third kappa shape index (κ3) is 1.92. The zero-order valence-corrected chi connectivity index (χ0v) is 9.56. The molecule has 0 saturated carbocycles. The summed E-state index contributed by atoms with van der Waals surface area (Å²) in [5.41, 5.74) is 0. The third-order valence-electron chi connectivity index (χ3n) is 1.76. The monoisotopic (exact) mass is 242 g/mol. The highest BCUT2D eigenvalue weighted by molar-refractivity contribution is 8.68. The van der Waals surface area contributed by atoms with Crippen molar-refractivity contribution in [1.29, 1.82) is 0 Å². The van der Waals surface area contributed by atoms with E-state index in [1.807, 2.05) is 35.0 Å². The molecule has 0 radical (unpaired) electrons. The molecule has 72 valence electrons. The molecule has 0 atom stereocenters. The Morgan fingerprint density at radius 3 is 2.86 bits per heavy atom. The van der Waals surface area contributed by atoms with Gasteiger partial charge in [-0.05, 0) is 35.1 Å². The predicted molar refractivity (Wildman–Crippen MR) is 63.4 cm³/mol. The Bertz CT molecular complexity index is 425. The number of hydrogen-bond acceptors (Lipinski definition) is 3. The topological polar surface area (TPSA) is 17.8 Å². The first-order valence-electron chi connectivity index (χ1n) is 3.92. The van der Waals surface area contributed by atoms with Crippen LogP contribution in [0.4, 0.5) is 0 Å². The zero-order chi connectivity index (χ0) is 9.97. The number of pyridine rings is 1. The largest absolute Gasteiger partial charge is 0.295 e. The summed E-state index contributed by atoms with van der Waals surface area (Å²) < 4.78 is 1.95. The van der Waals surface area contributed by atoms with Crippen LogP contribution >= 0.6 is 34.1 Å². The second-order valence-corrected chi connectivity index (χ2v) is 4.23. The van der Waals surface area contributed by atoms with Gasteiger partial charge in [-0.2, -0.15) is 0 Å². The molecule has 0 spiro atoms. The molecule has 2 nitrogen and oxygen atoms in total. The smallest absolute Gasteiger partial charge is 0.137 e. The van der Waals surface area contributed by atoms with Crippen molar-refractivity contribution in [2.75, 3.05) is 0 Å². The number of aromatic nitrogens is 2. The first-order valence-corrected chi connectivity index (χ1v) is 6.16.